The van der Waals surface area contributed by atoms with Crippen LogP contribution in [0.15, 0.2) is 42.5 Å². The highest BCUT2D eigenvalue weighted by Gasteiger charge is 2.19. The summed E-state index contributed by atoms with van der Waals surface area (Å²) in [7, 11) is 0. The molecule has 3 aromatic carbocycles. The van der Waals surface area contributed by atoms with Crippen LogP contribution in [0.5, 0.6) is 5.75 Å². The van der Waals surface area contributed by atoms with Gasteiger partial charge >= 0.3 is 0 Å². The molecule has 1 aliphatic rings. The minimum atomic E-state index is 0.630. The number of aromatic nitrogens is 2. The monoisotopic (exact) mass is 300 g/mol. The summed E-state index contributed by atoms with van der Waals surface area (Å²) in [5.74, 6) is 1.88. The molecule has 112 valence electrons. The molecule has 0 atom stereocenters. The smallest absolute Gasteiger partial charge is 0.128 e. The van der Waals surface area contributed by atoms with Crippen molar-refractivity contribution in [3.8, 4) is 16.9 Å². The van der Waals surface area contributed by atoms with Gasteiger partial charge in [-0.3, -0.25) is 0 Å². The lowest BCUT2D eigenvalue weighted by Crippen LogP contribution is -2.05. The van der Waals surface area contributed by atoms with Crippen LogP contribution in [0, 0.1) is 13.8 Å². The maximum absolute atomic E-state index is 6.03. The molecule has 0 fully saturated rings. The summed E-state index contributed by atoms with van der Waals surface area (Å²) >= 11 is 0. The van der Waals surface area contributed by atoms with Gasteiger partial charge in [0.25, 0.3) is 0 Å². The van der Waals surface area contributed by atoms with Crippen LogP contribution in [-0.2, 0) is 6.61 Å². The maximum atomic E-state index is 6.03. The van der Waals surface area contributed by atoms with Gasteiger partial charge in [0.1, 0.15) is 18.2 Å². The second-order valence-corrected chi connectivity index (χ2v) is 6.30. The molecule has 2 heterocycles. The Balaban J connectivity index is 1.84. The minimum Gasteiger partial charge on any atom is -0.488 e. The van der Waals surface area contributed by atoms with Crippen LogP contribution in [0.2, 0.25) is 0 Å². The summed E-state index contributed by atoms with van der Waals surface area (Å²) < 4.78 is 6.03. The fourth-order valence-electron chi connectivity index (χ4n) is 3.54. The predicted octanol–water partition coefficient (Wildman–Crippen LogP) is 4.89. The van der Waals surface area contributed by atoms with E-state index >= 15 is 0 Å². The summed E-state index contributed by atoms with van der Waals surface area (Å²) in [6.45, 7) is 4.73. The standard InChI is InChI=1S/C20H16N2O/c1-11-3-5-15-14(7-11)10-23-19-9-16-13(8-17(15)19)4-6-18-20(16)22-12(2)21-18/h3-9H,10H2,1-2H3,(H,21,22). The molecule has 1 N–H and O–H groups in total. The van der Waals surface area contributed by atoms with Crippen molar-refractivity contribution >= 4 is 21.8 Å². The highest BCUT2D eigenvalue weighted by molar-refractivity contribution is 6.06. The summed E-state index contributed by atoms with van der Waals surface area (Å²) in [6.07, 6.45) is 0. The summed E-state index contributed by atoms with van der Waals surface area (Å²) in [5, 5.41) is 2.33. The van der Waals surface area contributed by atoms with E-state index in [4.69, 9.17) is 4.74 Å². The lowest BCUT2D eigenvalue weighted by atomic mass is 9.93. The van der Waals surface area contributed by atoms with E-state index in [0.29, 0.717) is 6.61 Å². The molecule has 0 amide bonds. The van der Waals surface area contributed by atoms with Crippen molar-refractivity contribution in [2.45, 2.75) is 20.5 Å². The van der Waals surface area contributed by atoms with E-state index < -0.39 is 0 Å². The molecule has 0 unspecified atom stereocenters. The van der Waals surface area contributed by atoms with Gasteiger partial charge in [-0.1, -0.05) is 29.8 Å². The summed E-state index contributed by atoms with van der Waals surface area (Å²) in [6, 6.07) is 15.2. The number of hydrogen-bond donors (Lipinski definition) is 1. The van der Waals surface area contributed by atoms with Gasteiger partial charge in [-0.05, 0) is 48.6 Å². The van der Waals surface area contributed by atoms with E-state index in [1.165, 1.54) is 27.6 Å². The molecule has 0 aliphatic carbocycles. The Bertz CT molecular complexity index is 1090. The van der Waals surface area contributed by atoms with Gasteiger partial charge in [0.15, 0.2) is 0 Å². The fraction of sp³-hybridized carbons (Fsp3) is 0.150. The summed E-state index contributed by atoms with van der Waals surface area (Å²) in [4.78, 5) is 7.94. The molecule has 3 heteroatoms. The van der Waals surface area contributed by atoms with Crippen LogP contribution in [-0.4, -0.2) is 9.97 Å². The predicted molar refractivity (Wildman–Crippen MR) is 92.8 cm³/mol. The molecule has 5 rings (SSSR count). The molecular weight excluding hydrogens is 284 g/mol. The Morgan fingerprint density at radius 3 is 2.83 bits per heavy atom. The average molecular weight is 300 g/mol. The molecule has 0 radical (unpaired) electrons. The first-order valence-corrected chi connectivity index (χ1v) is 7.85. The Hall–Kier alpha value is -2.81. The van der Waals surface area contributed by atoms with Crippen molar-refractivity contribution < 1.29 is 4.74 Å². The molecule has 0 saturated carbocycles. The molecule has 0 saturated heterocycles. The third-order valence-electron chi connectivity index (χ3n) is 4.62. The quantitative estimate of drug-likeness (QED) is 0.502. The normalized spacial score (nSPS) is 13.0. The minimum absolute atomic E-state index is 0.630. The van der Waals surface area contributed by atoms with Crippen molar-refractivity contribution in [2.24, 2.45) is 0 Å². The van der Waals surface area contributed by atoms with Crippen LogP contribution >= 0.6 is 0 Å². The molecule has 23 heavy (non-hydrogen) atoms. The van der Waals surface area contributed by atoms with Gasteiger partial charge in [-0.15, -0.1) is 0 Å². The number of aromatic amines is 1. The first-order valence-electron chi connectivity index (χ1n) is 7.85. The third kappa shape index (κ3) is 1.80. The van der Waals surface area contributed by atoms with Gasteiger partial charge in [0.2, 0.25) is 0 Å². The second kappa shape index (κ2) is 4.35. The average Bonchev–Trinajstić information content (AvgIpc) is 2.93. The number of nitrogens with zero attached hydrogens (tertiary/aromatic N) is 1. The van der Waals surface area contributed by atoms with Gasteiger partial charge in [0.05, 0.1) is 11.0 Å². The van der Waals surface area contributed by atoms with Gasteiger partial charge in [-0.2, -0.15) is 0 Å². The number of fused-ring (bicyclic) bond motifs is 6. The summed E-state index contributed by atoms with van der Waals surface area (Å²) in [5.41, 5.74) is 7.06. The van der Waals surface area contributed by atoms with E-state index in [1.807, 2.05) is 6.92 Å². The van der Waals surface area contributed by atoms with Crippen LogP contribution in [0.25, 0.3) is 32.9 Å². The zero-order valence-electron chi connectivity index (χ0n) is 13.1. The number of ether oxygens (including phenoxy) is 1. The van der Waals surface area contributed by atoms with Gasteiger partial charge < -0.3 is 9.72 Å². The third-order valence-corrected chi connectivity index (χ3v) is 4.62. The maximum Gasteiger partial charge on any atom is 0.128 e. The van der Waals surface area contributed by atoms with Crippen molar-refractivity contribution in [1.29, 1.82) is 0 Å². The number of H-pyrrole nitrogens is 1. The van der Waals surface area contributed by atoms with Gasteiger partial charge in [-0.25, -0.2) is 4.98 Å². The van der Waals surface area contributed by atoms with Crippen LogP contribution in [0.4, 0.5) is 0 Å². The SMILES string of the molecule is Cc1ccc2c(c1)COc1cc3c(ccc4[nH]c(C)nc43)cc1-2. The topological polar surface area (TPSA) is 37.9 Å². The number of benzene rings is 3. The van der Waals surface area contributed by atoms with Crippen molar-refractivity contribution in [3.63, 3.8) is 0 Å². The van der Waals surface area contributed by atoms with Crippen molar-refractivity contribution in [2.75, 3.05) is 0 Å². The number of rotatable bonds is 0. The molecule has 1 aliphatic heterocycles. The largest absolute Gasteiger partial charge is 0.488 e. The highest BCUT2D eigenvalue weighted by Crippen LogP contribution is 2.41. The first-order chi connectivity index (χ1) is 11.2. The van der Waals surface area contributed by atoms with E-state index in [2.05, 4.69) is 59.4 Å². The number of nitrogens with one attached hydrogen (secondary N) is 1. The molecule has 0 bridgehead atoms. The Labute approximate surface area is 133 Å². The van der Waals surface area contributed by atoms with E-state index in [1.54, 1.807) is 0 Å². The number of imidazole rings is 1. The molecule has 4 aromatic rings. The molecule has 1 aromatic heterocycles. The highest BCUT2D eigenvalue weighted by atomic mass is 16.5. The van der Waals surface area contributed by atoms with E-state index in [-0.39, 0.29) is 0 Å². The number of hydrogen-bond acceptors (Lipinski definition) is 2. The number of aryl methyl sites for hydroxylation is 2. The molecule has 0 spiro atoms. The van der Waals surface area contributed by atoms with Crippen LogP contribution < -0.4 is 4.74 Å². The second-order valence-electron chi connectivity index (χ2n) is 6.30. The van der Waals surface area contributed by atoms with Crippen LogP contribution in [0.3, 0.4) is 0 Å². The molecular formula is C20H16N2O. The Morgan fingerprint density at radius 1 is 1.00 bits per heavy atom. The van der Waals surface area contributed by atoms with Crippen LogP contribution in [0.1, 0.15) is 17.0 Å². The Kier molecular flexibility index (Phi) is 2.41. The lowest BCUT2D eigenvalue weighted by molar-refractivity contribution is 0.302. The Morgan fingerprint density at radius 2 is 1.91 bits per heavy atom. The van der Waals surface area contributed by atoms with Crippen molar-refractivity contribution in [3.05, 3.63) is 59.4 Å². The van der Waals surface area contributed by atoms with E-state index in [9.17, 15) is 0 Å². The molecule has 3 nitrogen and oxygen atoms in total. The van der Waals surface area contributed by atoms with E-state index in [0.717, 1.165) is 28.0 Å². The lowest BCUT2D eigenvalue weighted by Gasteiger charge is -2.22. The zero-order chi connectivity index (χ0) is 15.6. The zero-order valence-corrected chi connectivity index (χ0v) is 13.1. The fourth-order valence-corrected chi connectivity index (χ4v) is 3.54. The van der Waals surface area contributed by atoms with Crippen molar-refractivity contribution in [1.82, 2.24) is 9.97 Å². The van der Waals surface area contributed by atoms with Gasteiger partial charge in [0, 0.05) is 10.9 Å². The first kappa shape index (κ1) is 12.7.